The lowest BCUT2D eigenvalue weighted by Gasteiger charge is -1.95. The highest BCUT2D eigenvalue weighted by Crippen LogP contribution is 2.26. The fraction of sp³-hybridized carbons (Fsp3) is 0.0625. The zero-order valence-electron chi connectivity index (χ0n) is 11.3. The van der Waals surface area contributed by atoms with E-state index in [0.717, 1.165) is 10.2 Å². The number of nitrogens with zero attached hydrogens (tertiary/aromatic N) is 2. The van der Waals surface area contributed by atoms with Crippen LogP contribution < -0.4 is 5.43 Å². The Kier molecular flexibility index (Phi) is 2.97. The highest BCUT2D eigenvalue weighted by Gasteiger charge is 2.26. The molecule has 0 unspecified atom stereocenters. The molecular weight excluding hydrogens is 301 g/mol. The van der Waals surface area contributed by atoms with Gasteiger partial charge in [-0.25, -0.2) is 9.37 Å². The van der Waals surface area contributed by atoms with Crippen molar-refractivity contribution in [3.05, 3.63) is 59.4 Å². The Morgan fingerprint density at radius 1 is 1.23 bits per heavy atom. The van der Waals surface area contributed by atoms with Crippen LogP contribution in [0.25, 0.3) is 10.2 Å². The first kappa shape index (κ1) is 13.1. The molecule has 4 rings (SSSR count). The van der Waals surface area contributed by atoms with E-state index < -0.39 is 0 Å². The van der Waals surface area contributed by atoms with Gasteiger partial charge < -0.3 is 0 Å². The number of hydrogen-bond acceptors (Lipinski definition) is 5. The van der Waals surface area contributed by atoms with Crippen LogP contribution in [0, 0.1) is 5.82 Å². The molecule has 3 aromatic rings. The van der Waals surface area contributed by atoms with Crippen molar-refractivity contribution in [2.45, 2.75) is 6.42 Å². The molecular formula is C16H10FN3OS. The normalized spacial score (nSPS) is 15.5. The van der Waals surface area contributed by atoms with Crippen molar-refractivity contribution in [3.8, 4) is 0 Å². The summed E-state index contributed by atoms with van der Waals surface area (Å²) in [6.07, 6.45) is 0.337. The zero-order chi connectivity index (χ0) is 15.1. The second kappa shape index (κ2) is 4.99. The van der Waals surface area contributed by atoms with E-state index in [2.05, 4.69) is 15.5 Å². The van der Waals surface area contributed by atoms with Crippen LogP contribution in [0.3, 0.4) is 0 Å². The molecule has 1 aliphatic rings. The minimum absolute atomic E-state index is 0.163. The standard InChI is InChI=1S/C16H10FN3OS/c17-10-5-6-11-9(7-10)8-13(15(11)21)19-20-16-18-12-3-1-2-4-14(12)22-16/h1-7H,8H2,(H,18,20)/b19-13-. The minimum atomic E-state index is -0.341. The fourth-order valence-electron chi connectivity index (χ4n) is 2.47. The van der Waals surface area contributed by atoms with Gasteiger partial charge in [-0.1, -0.05) is 23.5 Å². The van der Waals surface area contributed by atoms with Gasteiger partial charge in [-0.2, -0.15) is 5.10 Å². The lowest BCUT2D eigenvalue weighted by Crippen LogP contribution is -2.10. The Labute approximate surface area is 129 Å². The summed E-state index contributed by atoms with van der Waals surface area (Å²) in [5.41, 5.74) is 5.29. The molecule has 0 amide bonds. The van der Waals surface area contributed by atoms with Gasteiger partial charge in [0.25, 0.3) is 0 Å². The molecule has 4 nitrogen and oxygen atoms in total. The van der Waals surface area contributed by atoms with Gasteiger partial charge in [0.2, 0.25) is 10.9 Å². The van der Waals surface area contributed by atoms with E-state index in [9.17, 15) is 9.18 Å². The number of carbonyl (C=O) groups excluding carboxylic acids is 1. The second-order valence-electron chi connectivity index (χ2n) is 4.96. The van der Waals surface area contributed by atoms with Crippen LogP contribution in [0.2, 0.25) is 0 Å². The molecule has 0 spiro atoms. The van der Waals surface area contributed by atoms with E-state index in [1.807, 2.05) is 24.3 Å². The van der Waals surface area contributed by atoms with Crippen molar-refractivity contribution < 1.29 is 9.18 Å². The maximum absolute atomic E-state index is 13.2. The summed E-state index contributed by atoms with van der Waals surface area (Å²) in [6, 6.07) is 11.9. The minimum Gasteiger partial charge on any atom is -0.287 e. The molecule has 0 atom stereocenters. The number of aromatic nitrogens is 1. The van der Waals surface area contributed by atoms with Gasteiger partial charge in [-0.3, -0.25) is 10.2 Å². The van der Waals surface area contributed by atoms with Gasteiger partial charge in [0.1, 0.15) is 11.5 Å². The van der Waals surface area contributed by atoms with Gasteiger partial charge in [-0.15, -0.1) is 0 Å². The summed E-state index contributed by atoms with van der Waals surface area (Å²) in [5, 5.41) is 4.79. The van der Waals surface area contributed by atoms with E-state index in [4.69, 9.17) is 0 Å². The molecule has 0 fully saturated rings. The first-order valence-electron chi connectivity index (χ1n) is 6.72. The number of anilines is 1. The highest BCUT2D eigenvalue weighted by molar-refractivity contribution is 7.22. The SMILES string of the molecule is O=C1/C(=N\Nc2nc3ccccc3s2)Cc2cc(F)ccc21. The van der Waals surface area contributed by atoms with Crippen molar-refractivity contribution in [2.75, 3.05) is 5.43 Å². The number of ketones is 1. The molecule has 0 saturated heterocycles. The molecule has 0 radical (unpaired) electrons. The van der Waals surface area contributed by atoms with Crippen molar-refractivity contribution in [2.24, 2.45) is 5.10 Å². The van der Waals surface area contributed by atoms with Crippen LogP contribution in [-0.4, -0.2) is 16.5 Å². The Bertz CT molecular complexity index is 899. The van der Waals surface area contributed by atoms with Gasteiger partial charge in [-0.05, 0) is 35.9 Å². The molecule has 1 aromatic heterocycles. The van der Waals surface area contributed by atoms with Gasteiger partial charge in [0, 0.05) is 12.0 Å². The maximum atomic E-state index is 13.2. The summed E-state index contributed by atoms with van der Waals surface area (Å²) in [5.74, 6) is -0.504. The summed E-state index contributed by atoms with van der Waals surface area (Å²) >= 11 is 1.47. The van der Waals surface area contributed by atoms with Crippen LogP contribution >= 0.6 is 11.3 Å². The molecule has 0 bridgehead atoms. The average molecular weight is 311 g/mol. The Hall–Kier alpha value is -2.60. The molecule has 1 heterocycles. The Morgan fingerprint density at radius 2 is 2.09 bits per heavy atom. The Balaban J connectivity index is 1.60. The molecule has 1 N–H and O–H groups in total. The quantitative estimate of drug-likeness (QED) is 0.735. The number of Topliss-reactive ketones (excluding diaryl/α,β-unsaturated/α-hetero) is 1. The first-order valence-corrected chi connectivity index (χ1v) is 7.53. The molecule has 6 heteroatoms. The number of rotatable bonds is 2. The second-order valence-corrected chi connectivity index (χ2v) is 6.00. The first-order chi connectivity index (χ1) is 10.7. The van der Waals surface area contributed by atoms with Crippen molar-refractivity contribution in [1.82, 2.24) is 4.98 Å². The smallest absolute Gasteiger partial charge is 0.209 e. The zero-order valence-corrected chi connectivity index (χ0v) is 12.2. The van der Waals surface area contributed by atoms with Gasteiger partial charge >= 0.3 is 0 Å². The van der Waals surface area contributed by atoms with E-state index >= 15 is 0 Å². The molecule has 0 aliphatic heterocycles. The summed E-state index contributed by atoms with van der Waals surface area (Å²) in [4.78, 5) is 16.6. The summed E-state index contributed by atoms with van der Waals surface area (Å²) < 4.78 is 14.3. The van der Waals surface area contributed by atoms with Crippen LogP contribution in [0.15, 0.2) is 47.6 Å². The van der Waals surface area contributed by atoms with E-state index in [-0.39, 0.29) is 11.6 Å². The Morgan fingerprint density at radius 3 is 2.95 bits per heavy atom. The maximum Gasteiger partial charge on any atom is 0.209 e. The van der Waals surface area contributed by atoms with E-state index in [0.29, 0.717) is 28.4 Å². The number of thiazole rings is 1. The average Bonchev–Trinajstić information content (AvgIpc) is 3.06. The highest BCUT2D eigenvalue weighted by atomic mass is 32.1. The number of halogens is 1. The van der Waals surface area contributed by atoms with Gasteiger partial charge in [0.15, 0.2) is 0 Å². The number of nitrogens with one attached hydrogen (secondary N) is 1. The molecule has 1 aliphatic carbocycles. The largest absolute Gasteiger partial charge is 0.287 e. The predicted octanol–water partition coefficient (Wildman–Crippen LogP) is 3.64. The van der Waals surface area contributed by atoms with E-state index in [1.165, 1.54) is 29.5 Å². The van der Waals surface area contributed by atoms with Crippen LogP contribution in [0.1, 0.15) is 15.9 Å². The lowest BCUT2D eigenvalue weighted by molar-refractivity contribution is 0.106. The topological polar surface area (TPSA) is 54.4 Å². The number of para-hydroxylation sites is 1. The third-order valence-electron chi connectivity index (χ3n) is 3.51. The predicted molar refractivity (Wildman–Crippen MR) is 85.1 cm³/mol. The third-order valence-corrected chi connectivity index (χ3v) is 4.45. The molecule has 108 valence electrons. The van der Waals surface area contributed by atoms with Crippen LogP contribution in [0.4, 0.5) is 9.52 Å². The van der Waals surface area contributed by atoms with Crippen molar-refractivity contribution >= 4 is 38.2 Å². The van der Waals surface area contributed by atoms with E-state index in [1.54, 1.807) is 0 Å². The number of benzene rings is 2. The number of carbonyl (C=O) groups is 1. The number of hydrazone groups is 1. The lowest BCUT2D eigenvalue weighted by atomic mass is 10.1. The monoisotopic (exact) mass is 311 g/mol. The number of fused-ring (bicyclic) bond motifs is 2. The summed E-state index contributed by atoms with van der Waals surface area (Å²) in [7, 11) is 0. The van der Waals surface area contributed by atoms with Crippen LogP contribution in [-0.2, 0) is 6.42 Å². The fourth-order valence-corrected chi connectivity index (χ4v) is 3.28. The van der Waals surface area contributed by atoms with Crippen molar-refractivity contribution in [3.63, 3.8) is 0 Å². The van der Waals surface area contributed by atoms with Gasteiger partial charge in [0.05, 0.1) is 10.2 Å². The van der Waals surface area contributed by atoms with Crippen LogP contribution in [0.5, 0.6) is 0 Å². The molecule has 0 saturated carbocycles. The summed E-state index contributed by atoms with van der Waals surface area (Å²) in [6.45, 7) is 0. The van der Waals surface area contributed by atoms with Crippen molar-refractivity contribution in [1.29, 1.82) is 0 Å². The third kappa shape index (κ3) is 2.17. The molecule has 2 aromatic carbocycles. The number of hydrogen-bond donors (Lipinski definition) is 1. The molecule has 22 heavy (non-hydrogen) atoms.